The molecule has 6 heteroatoms. The molecule has 1 heterocycles. The number of halogens is 1. The zero-order valence-corrected chi connectivity index (χ0v) is 15.4. The minimum Gasteiger partial charge on any atom is -0.481 e. The normalized spacial score (nSPS) is 24.6. The molecule has 5 nitrogen and oxygen atoms in total. The van der Waals surface area contributed by atoms with Crippen LogP contribution in [0.25, 0.3) is 0 Å². The highest BCUT2D eigenvalue weighted by atomic mass is 79.9. The molecule has 0 aromatic heterocycles. The van der Waals surface area contributed by atoms with E-state index in [1.165, 1.54) is 4.90 Å². The Balaban J connectivity index is 2.33. The number of carboxylic acids is 1. The van der Waals surface area contributed by atoms with Crippen molar-refractivity contribution in [2.75, 3.05) is 13.1 Å². The van der Waals surface area contributed by atoms with E-state index in [1.807, 2.05) is 24.3 Å². The summed E-state index contributed by atoms with van der Waals surface area (Å²) in [6.45, 7) is 7.52. The number of nitrogens with zero attached hydrogens (tertiary/aromatic N) is 1. The van der Waals surface area contributed by atoms with Gasteiger partial charge in [-0.05, 0) is 39.3 Å². The zero-order chi connectivity index (χ0) is 17.4. The van der Waals surface area contributed by atoms with Crippen LogP contribution < -0.4 is 0 Å². The van der Waals surface area contributed by atoms with Crippen LogP contribution in [0.4, 0.5) is 4.79 Å². The molecule has 2 atom stereocenters. The summed E-state index contributed by atoms with van der Waals surface area (Å²) in [6.07, 6.45) is -0.473. The lowest BCUT2D eigenvalue weighted by Gasteiger charge is -2.26. The highest BCUT2D eigenvalue weighted by molar-refractivity contribution is 9.10. The van der Waals surface area contributed by atoms with Gasteiger partial charge in [0.2, 0.25) is 0 Å². The molecule has 2 unspecified atom stereocenters. The quantitative estimate of drug-likeness (QED) is 0.841. The number of rotatable bonds is 2. The summed E-state index contributed by atoms with van der Waals surface area (Å²) < 4.78 is 6.24. The molecule has 1 aromatic rings. The number of hydrogen-bond donors (Lipinski definition) is 1. The van der Waals surface area contributed by atoms with Crippen LogP contribution in [0, 0.1) is 5.41 Å². The van der Waals surface area contributed by atoms with Crippen LogP contribution in [0.1, 0.15) is 39.2 Å². The second kappa shape index (κ2) is 6.15. The van der Waals surface area contributed by atoms with Crippen LogP contribution in [-0.2, 0) is 9.53 Å². The van der Waals surface area contributed by atoms with E-state index in [-0.39, 0.29) is 12.5 Å². The fourth-order valence-electron chi connectivity index (χ4n) is 2.87. The number of ether oxygens (including phenoxy) is 1. The second-order valence-electron chi connectivity index (χ2n) is 7.16. The Hall–Kier alpha value is -1.56. The van der Waals surface area contributed by atoms with Gasteiger partial charge in [0.1, 0.15) is 5.60 Å². The Kier molecular flexibility index (Phi) is 4.76. The summed E-state index contributed by atoms with van der Waals surface area (Å²) in [5.74, 6) is -1.22. The van der Waals surface area contributed by atoms with E-state index in [2.05, 4.69) is 15.9 Å². The maximum absolute atomic E-state index is 12.3. The molecule has 1 aromatic carbocycles. The molecule has 0 spiro atoms. The van der Waals surface area contributed by atoms with E-state index in [4.69, 9.17) is 4.74 Å². The maximum Gasteiger partial charge on any atom is 0.410 e. The molecule has 1 N–H and O–H groups in total. The van der Waals surface area contributed by atoms with Gasteiger partial charge in [-0.3, -0.25) is 4.79 Å². The molecule has 0 saturated carbocycles. The predicted molar refractivity (Wildman–Crippen MR) is 90.4 cm³/mol. The van der Waals surface area contributed by atoms with Crippen molar-refractivity contribution in [2.45, 2.75) is 39.2 Å². The number of carbonyl (C=O) groups is 2. The Labute approximate surface area is 144 Å². The molecule has 1 aliphatic rings. The molecule has 1 saturated heterocycles. The molecule has 0 aliphatic carbocycles. The van der Waals surface area contributed by atoms with E-state index < -0.39 is 23.1 Å². The van der Waals surface area contributed by atoms with Gasteiger partial charge < -0.3 is 14.7 Å². The van der Waals surface area contributed by atoms with E-state index in [0.717, 1.165) is 10.0 Å². The highest BCUT2D eigenvalue weighted by Gasteiger charge is 2.51. The van der Waals surface area contributed by atoms with Gasteiger partial charge in [-0.25, -0.2) is 4.79 Å². The molecular weight excluding hydrogens is 362 g/mol. The standard InChI is InChI=1S/C17H22BrNO4/c1-16(2,3)23-15(22)19-9-12(17(4,10-19)14(20)21)11-7-5-6-8-13(11)18/h5-8,12H,9-10H2,1-4H3,(H,20,21). The smallest absolute Gasteiger partial charge is 0.410 e. The number of aliphatic carboxylic acids is 1. The Morgan fingerprint density at radius 3 is 2.48 bits per heavy atom. The van der Waals surface area contributed by atoms with Gasteiger partial charge in [0.05, 0.1) is 5.41 Å². The van der Waals surface area contributed by atoms with Crippen molar-refractivity contribution >= 4 is 28.0 Å². The highest BCUT2D eigenvalue weighted by Crippen LogP contribution is 2.45. The predicted octanol–water partition coefficient (Wildman–Crippen LogP) is 3.87. The summed E-state index contributed by atoms with van der Waals surface area (Å²) in [5, 5.41) is 9.73. The minimum atomic E-state index is -1.05. The van der Waals surface area contributed by atoms with Gasteiger partial charge in [-0.15, -0.1) is 0 Å². The summed E-state index contributed by atoms with van der Waals surface area (Å²) in [4.78, 5) is 25.7. The lowest BCUT2D eigenvalue weighted by atomic mass is 9.76. The van der Waals surface area contributed by atoms with Crippen molar-refractivity contribution in [2.24, 2.45) is 5.41 Å². The van der Waals surface area contributed by atoms with E-state index in [0.29, 0.717) is 6.54 Å². The number of benzene rings is 1. The molecule has 1 aliphatic heterocycles. The van der Waals surface area contributed by atoms with Crippen molar-refractivity contribution in [1.29, 1.82) is 0 Å². The molecule has 1 fully saturated rings. The van der Waals surface area contributed by atoms with Gasteiger partial charge in [0, 0.05) is 23.5 Å². The van der Waals surface area contributed by atoms with Crippen molar-refractivity contribution in [1.82, 2.24) is 4.90 Å². The van der Waals surface area contributed by atoms with Gasteiger partial charge in [0.25, 0.3) is 0 Å². The summed E-state index contributed by atoms with van der Waals surface area (Å²) in [5.41, 5.74) is -0.772. The van der Waals surface area contributed by atoms with Gasteiger partial charge in [-0.1, -0.05) is 34.1 Å². The average Bonchev–Trinajstić information content (AvgIpc) is 2.77. The Morgan fingerprint density at radius 2 is 1.96 bits per heavy atom. The molecule has 1 amide bonds. The summed E-state index contributed by atoms with van der Waals surface area (Å²) in [7, 11) is 0. The molecule has 23 heavy (non-hydrogen) atoms. The zero-order valence-electron chi connectivity index (χ0n) is 13.8. The summed E-state index contributed by atoms with van der Waals surface area (Å²) >= 11 is 3.49. The fraction of sp³-hybridized carbons (Fsp3) is 0.529. The first-order chi connectivity index (χ1) is 10.5. The Bertz CT molecular complexity index is 625. The number of likely N-dealkylation sites (tertiary alicyclic amines) is 1. The largest absolute Gasteiger partial charge is 0.481 e. The molecule has 0 bridgehead atoms. The number of amides is 1. The van der Waals surface area contributed by atoms with Gasteiger partial charge in [0.15, 0.2) is 0 Å². The van der Waals surface area contributed by atoms with E-state index >= 15 is 0 Å². The third-order valence-corrected chi connectivity index (χ3v) is 4.83. The van der Waals surface area contributed by atoms with Crippen molar-refractivity contribution < 1.29 is 19.4 Å². The number of hydrogen-bond acceptors (Lipinski definition) is 3. The second-order valence-corrected chi connectivity index (χ2v) is 8.01. The molecule has 126 valence electrons. The third kappa shape index (κ3) is 3.68. The first-order valence-corrected chi connectivity index (χ1v) is 8.29. The topological polar surface area (TPSA) is 66.8 Å². The van der Waals surface area contributed by atoms with E-state index in [9.17, 15) is 14.7 Å². The maximum atomic E-state index is 12.3. The Morgan fingerprint density at radius 1 is 1.35 bits per heavy atom. The lowest BCUT2D eigenvalue weighted by Crippen LogP contribution is -2.38. The fourth-order valence-corrected chi connectivity index (χ4v) is 3.44. The van der Waals surface area contributed by atoms with Crippen LogP contribution >= 0.6 is 15.9 Å². The van der Waals surface area contributed by atoms with Crippen molar-refractivity contribution in [3.05, 3.63) is 34.3 Å². The van der Waals surface area contributed by atoms with Crippen LogP contribution in [0.15, 0.2) is 28.7 Å². The van der Waals surface area contributed by atoms with Crippen LogP contribution in [-0.4, -0.2) is 40.8 Å². The first kappa shape index (κ1) is 17.8. The number of carbonyl (C=O) groups excluding carboxylic acids is 1. The van der Waals surface area contributed by atoms with Gasteiger partial charge in [-0.2, -0.15) is 0 Å². The number of carboxylic acid groups (broad SMARTS) is 1. The van der Waals surface area contributed by atoms with Crippen LogP contribution in [0.5, 0.6) is 0 Å². The first-order valence-electron chi connectivity index (χ1n) is 7.50. The van der Waals surface area contributed by atoms with Crippen molar-refractivity contribution in [3.8, 4) is 0 Å². The SMILES string of the molecule is CC(C)(C)OC(=O)N1CC(c2ccccc2Br)C(C)(C(=O)O)C1. The summed E-state index contributed by atoms with van der Waals surface area (Å²) in [6, 6.07) is 7.53. The minimum absolute atomic E-state index is 0.128. The monoisotopic (exact) mass is 383 g/mol. The molecular formula is C17H22BrNO4. The van der Waals surface area contributed by atoms with Crippen molar-refractivity contribution in [3.63, 3.8) is 0 Å². The lowest BCUT2D eigenvalue weighted by molar-refractivity contribution is -0.147. The molecule has 0 radical (unpaired) electrons. The van der Waals surface area contributed by atoms with Crippen LogP contribution in [0.3, 0.4) is 0 Å². The average molecular weight is 384 g/mol. The van der Waals surface area contributed by atoms with E-state index in [1.54, 1.807) is 27.7 Å². The third-order valence-electron chi connectivity index (χ3n) is 4.11. The molecule has 2 rings (SSSR count). The van der Waals surface area contributed by atoms with Crippen LogP contribution in [0.2, 0.25) is 0 Å². The van der Waals surface area contributed by atoms with Gasteiger partial charge >= 0.3 is 12.1 Å².